The van der Waals surface area contributed by atoms with E-state index in [1.807, 2.05) is 43.4 Å². The van der Waals surface area contributed by atoms with Crippen LogP contribution in [0, 0.1) is 13.8 Å². The van der Waals surface area contributed by atoms with Gasteiger partial charge >= 0.3 is 0 Å². The van der Waals surface area contributed by atoms with E-state index in [4.69, 9.17) is 9.47 Å². The molecule has 6 nitrogen and oxygen atoms in total. The molecule has 1 aliphatic rings. The number of benzene rings is 3. The minimum atomic E-state index is -1.50. The first-order valence-corrected chi connectivity index (χ1v) is 12.7. The fourth-order valence-electron chi connectivity index (χ4n) is 4.14. The number of carbonyl (C=O) groups excluding carboxylic acids is 1. The molecule has 0 bridgehead atoms. The zero-order valence-corrected chi connectivity index (χ0v) is 21.0. The minimum absolute atomic E-state index is 0.337. The Morgan fingerprint density at radius 2 is 1.66 bits per heavy atom. The highest BCUT2D eigenvalue weighted by Gasteiger charge is 2.20. The van der Waals surface area contributed by atoms with Crippen LogP contribution in [-0.2, 0) is 22.4 Å². The Morgan fingerprint density at radius 3 is 2.31 bits per heavy atom. The van der Waals surface area contributed by atoms with Gasteiger partial charge in [0, 0.05) is 6.08 Å². The van der Waals surface area contributed by atoms with Gasteiger partial charge in [-0.3, -0.25) is 9.52 Å². The van der Waals surface area contributed by atoms with Gasteiger partial charge in [0.05, 0.1) is 11.5 Å². The molecule has 1 heterocycles. The van der Waals surface area contributed by atoms with Crippen molar-refractivity contribution in [2.75, 3.05) is 20.2 Å². The lowest BCUT2D eigenvalue weighted by atomic mass is 9.94. The number of amides is 1. The van der Waals surface area contributed by atoms with E-state index in [2.05, 4.69) is 48.2 Å². The van der Waals surface area contributed by atoms with Crippen LogP contribution in [-0.4, -0.2) is 30.3 Å². The van der Waals surface area contributed by atoms with Gasteiger partial charge in [0.15, 0.2) is 11.0 Å². The molecule has 0 saturated carbocycles. The molecule has 3 aromatic rings. The molecule has 1 aliphatic heterocycles. The molecule has 0 fully saturated rings. The highest BCUT2D eigenvalue weighted by atomic mass is 32.2. The van der Waals surface area contributed by atoms with Crippen LogP contribution < -0.4 is 19.5 Å². The average Bonchev–Trinajstić information content (AvgIpc) is 3.18. The third-order valence-corrected chi connectivity index (χ3v) is 6.90. The fourth-order valence-corrected chi connectivity index (χ4v) is 5.05. The summed E-state index contributed by atoms with van der Waals surface area (Å²) in [7, 11) is 0.443. The Labute approximate surface area is 208 Å². The molecule has 0 spiro atoms. The lowest BCUT2D eigenvalue weighted by Gasteiger charge is -2.15. The second-order valence-electron chi connectivity index (χ2n) is 8.49. The maximum absolute atomic E-state index is 11.9. The molecule has 0 aliphatic carbocycles. The van der Waals surface area contributed by atoms with Gasteiger partial charge < -0.3 is 14.8 Å². The number of rotatable bonds is 10. The van der Waals surface area contributed by atoms with Gasteiger partial charge in [-0.2, -0.15) is 0 Å². The van der Waals surface area contributed by atoms with E-state index in [1.165, 1.54) is 22.8 Å². The van der Waals surface area contributed by atoms with Gasteiger partial charge in [-0.05, 0) is 97.6 Å². The summed E-state index contributed by atoms with van der Waals surface area (Å²) in [4.78, 5) is 11.9. The highest BCUT2D eigenvalue weighted by molar-refractivity contribution is 7.93. The van der Waals surface area contributed by atoms with E-state index in [-0.39, 0.29) is 5.91 Å². The monoisotopic (exact) mass is 490 g/mol. The van der Waals surface area contributed by atoms with Crippen LogP contribution in [0.25, 0.3) is 16.0 Å². The summed E-state index contributed by atoms with van der Waals surface area (Å²) in [5, 5.41) is 3.13. The number of hydrogen-bond acceptors (Lipinski definition) is 5. The molecule has 7 heteroatoms. The Kier molecular flexibility index (Phi) is 8.00. The molecular formula is C28H30N2O4S. The standard InChI is InChI=1S/C28H30N2O4S/c1-19-14-25(33-13-5-12-29-3)15-20(2)28(19)23-7-4-6-21(16-23)18-34-24-10-8-22(9-11-24)26-17-27(31)30-35(26)32/h4,6-11,14-17,29H,5,12-13,18H2,1-3H3,(H,30,31). The summed E-state index contributed by atoms with van der Waals surface area (Å²) in [6, 6.07) is 19.8. The lowest BCUT2D eigenvalue weighted by molar-refractivity contribution is -0.114. The van der Waals surface area contributed by atoms with E-state index >= 15 is 0 Å². The molecular weight excluding hydrogens is 460 g/mol. The number of nitrogens with one attached hydrogen (secondary N) is 2. The van der Waals surface area contributed by atoms with Crippen LogP contribution in [0.1, 0.15) is 28.7 Å². The van der Waals surface area contributed by atoms with Gasteiger partial charge in [0.2, 0.25) is 0 Å². The maximum Gasteiger partial charge on any atom is 0.257 e. The van der Waals surface area contributed by atoms with Gasteiger partial charge in [0.1, 0.15) is 18.1 Å². The van der Waals surface area contributed by atoms with Crippen LogP contribution in [0.15, 0.2) is 66.7 Å². The summed E-state index contributed by atoms with van der Waals surface area (Å²) in [6.45, 7) is 6.28. The van der Waals surface area contributed by atoms with Crippen LogP contribution in [0.5, 0.6) is 11.5 Å². The van der Waals surface area contributed by atoms with E-state index in [0.717, 1.165) is 35.4 Å². The highest BCUT2D eigenvalue weighted by Crippen LogP contribution is 2.32. The van der Waals surface area contributed by atoms with Crippen LogP contribution >= 0.6 is 0 Å². The fraction of sp³-hybridized carbons (Fsp3) is 0.250. The van der Waals surface area contributed by atoms with Crippen molar-refractivity contribution in [3.8, 4) is 22.6 Å². The Hall–Kier alpha value is -3.42. The summed E-state index contributed by atoms with van der Waals surface area (Å²) in [5.41, 5.74) is 6.50. The first-order valence-electron chi connectivity index (χ1n) is 11.6. The zero-order chi connectivity index (χ0) is 24.8. The first kappa shape index (κ1) is 24.7. The molecule has 1 atom stereocenters. The molecule has 0 aromatic heterocycles. The zero-order valence-electron chi connectivity index (χ0n) is 20.2. The van der Waals surface area contributed by atoms with Crippen molar-refractivity contribution < 1.29 is 18.5 Å². The van der Waals surface area contributed by atoms with Gasteiger partial charge in [0.25, 0.3) is 5.91 Å². The Morgan fingerprint density at radius 1 is 0.914 bits per heavy atom. The predicted octanol–water partition coefficient (Wildman–Crippen LogP) is 4.67. The minimum Gasteiger partial charge on any atom is -0.494 e. The number of aryl methyl sites for hydroxylation is 2. The third kappa shape index (κ3) is 6.18. The molecule has 35 heavy (non-hydrogen) atoms. The van der Waals surface area contributed by atoms with Crippen molar-refractivity contribution >= 4 is 21.8 Å². The summed E-state index contributed by atoms with van der Waals surface area (Å²) in [5.74, 6) is 1.27. The molecule has 182 valence electrons. The van der Waals surface area contributed by atoms with Gasteiger partial charge in [-0.1, -0.05) is 30.3 Å². The maximum atomic E-state index is 11.9. The SMILES string of the molecule is CNCCCOc1cc(C)c(-c2cccc(COc3ccc(C4=CC(=O)NS4=O)cc3)c2)c(C)c1. The Balaban J connectivity index is 1.43. The average molecular weight is 491 g/mol. The molecule has 1 amide bonds. The van der Waals surface area contributed by atoms with Crippen molar-refractivity contribution in [3.05, 3.63) is 89.0 Å². The molecule has 0 radical (unpaired) electrons. The summed E-state index contributed by atoms with van der Waals surface area (Å²) < 4.78 is 26.2. The van der Waals surface area contributed by atoms with Gasteiger partial charge in [-0.25, -0.2) is 4.21 Å². The topological polar surface area (TPSA) is 76.7 Å². The molecule has 0 saturated heterocycles. The van der Waals surface area contributed by atoms with Crippen LogP contribution in [0.3, 0.4) is 0 Å². The van der Waals surface area contributed by atoms with Crippen LogP contribution in [0.4, 0.5) is 0 Å². The molecule has 1 unspecified atom stereocenters. The van der Waals surface area contributed by atoms with Crippen molar-refractivity contribution in [1.82, 2.24) is 10.0 Å². The quantitative estimate of drug-likeness (QED) is 0.404. The molecule has 2 N–H and O–H groups in total. The molecule has 4 rings (SSSR count). The van der Waals surface area contributed by atoms with E-state index in [0.29, 0.717) is 23.9 Å². The van der Waals surface area contributed by atoms with Crippen molar-refractivity contribution in [2.45, 2.75) is 26.9 Å². The first-order chi connectivity index (χ1) is 16.9. The van der Waals surface area contributed by atoms with E-state index < -0.39 is 11.0 Å². The summed E-state index contributed by atoms with van der Waals surface area (Å²) >= 11 is 0. The number of hydrogen-bond donors (Lipinski definition) is 2. The number of ether oxygens (including phenoxy) is 2. The number of carbonyl (C=O) groups is 1. The van der Waals surface area contributed by atoms with E-state index in [1.54, 1.807) is 0 Å². The van der Waals surface area contributed by atoms with Crippen molar-refractivity contribution in [3.63, 3.8) is 0 Å². The van der Waals surface area contributed by atoms with Crippen molar-refractivity contribution in [2.24, 2.45) is 0 Å². The summed E-state index contributed by atoms with van der Waals surface area (Å²) in [6.07, 6.45) is 2.33. The normalized spacial score (nSPS) is 15.0. The lowest BCUT2D eigenvalue weighted by Crippen LogP contribution is -2.16. The largest absolute Gasteiger partial charge is 0.494 e. The van der Waals surface area contributed by atoms with E-state index in [9.17, 15) is 9.00 Å². The smallest absolute Gasteiger partial charge is 0.257 e. The molecule has 3 aromatic carbocycles. The van der Waals surface area contributed by atoms with Gasteiger partial charge in [-0.15, -0.1) is 0 Å². The van der Waals surface area contributed by atoms with Crippen LogP contribution in [0.2, 0.25) is 0 Å². The third-order valence-electron chi connectivity index (χ3n) is 5.76. The second kappa shape index (κ2) is 11.3. The Bertz CT molecular complexity index is 1250. The van der Waals surface area contributed by atoms with Crippen molar-refractivity contribution in [1.29, 1.82) is 0 Å². The second-order valence-corrected chi connectivity index (χ2v) is 9.68. The predicted molar refractivity (Wildman–Crippen MR) is 140 cm³/mol.